The maximum atomic E-state index is 11.1. The van der Waals surface area contributed by atoms with Crippen molar-refractivity contribution in [2.24, 2.45) is 17.3 Å². The van der Waals surface area contributed by atoms with Crippen molar-refractivity contribution in [1.29, 1.82) is 0 Å². The molecule has 0 radical (unpaired) electrons. The largest absolute Gasteiger partial charge is 0.507 e. The standard InChI is InChI=1S/C19H24O2/c1-19-7-2-3-17(19)15-5-4-12-10-18(21)13(11-20)9-16(12)14(15)6-8-19/h9-11,14-15,17,21H,2-8H2,1H3/t14-,15+,17-,19-/m0/s1. The molecule has 0 aliphatic heterocycles. The third-order valence-electron chi connectivity index (χ3n) is 6.78. The minimum absolute atomic E-state index is 0.156. The van der Waals surface area contributed by atoms with Crippen LogP contribution < -0.4 is 0 Å². The summed E-state index contributed by atoms with van der Waals surface area (Å²) in [5.74, 6) is 2.44. The van der Waals surface area contributed by atoms with Crippen LogP contribution in [0.1, 0.15) is 72.9 Å². The highest BCUT2D eigenvalue weighted by Gasteiger charge is 2.50. The number of hydrogen-bond acceptors (Lipinski definition) is 2. The normalized spacial score (nSPS) is 37.5. The Hall–Kier alpha value is -1.31. The van der Waals surface area contributed by atoms with Gasteiger partial charge in [0.15, 0.2) is 6.29 Å². The molecule has 4 atom stereocenters. The summed E-state index contributed by atoms with van der Waals surface area (Å²) in [5.41, 5.74) is 3.68. The molecule has 0 saturated heterocycles. The van der Waals surface area contributed by atoms with E-state index in [9.17, 15) is 9.90 Å². The van der Waals surface area contributed by atoms with Crippen LogP contribution >= 0.6 is 0 Å². The summed E-state index contributed by atoms with van der Waals surface area (Å²) in [4.78, 5) is 11.1. The van der Waals surface area contributed by atoms with Crippen LogP contribution in [0.5, 0.6) is 5.75 Å². The summed E-state index contributed by atoms with van der Waals surface area (Å²) >= 11 is 0. The summed E-state index contributed by atoms with van der Waals surface area (Å²) in [6.07, 6.45) is 9.90. The summed E-state index contributed by atoms with van der Waals surface area (Å²) in [5, 5.41) is 9.92. The van der Waals surface area contributed by atoms with Gasteiger partial charge in [-0.25, -0.2) is 0 Å². The molecule has 3 aliphatic carbocycles. The SMILES string of the molecule is C[C@@]12CCC[C@H]1[C@@H]1CCc3cc(O)c(C=O)cc3[C@H]1CC2. The second kappa shape index (κ2) is 4.59. The van der Waals surface area contributed by atoms with Crippen molar-refractivity contribution in [1.82, 2.24) is 0 Å². The van der Waals surface area contributed by atoms with E-state index in [4.69, 9.17) is 0 Å². The lowest BCUT2D eigenvalue weighted by Gasteiger charge is -2.49. The van der Waals surface area contributed by atoms with Gasteiger partial charge in [-0.05, 0) is 85.0 Å². The maximum Gasteiger partial charge on any atom is 0.153 e. The van der Waals surface area contributed by atoms with Gasteiger partial charge in [0.2, 0.25) is 0 Å². The number of hydrogen-bond donors (Lipinski definition) is 1. The van der Waals surface area contributed by atoms with Crippen LogP contribution in [0.3, 0.4) is 0 Å². The van der Waals surface area contributed by atoms with E-state index >= 15 is 0 Å². The number of rotatable bonds is 1. The molecule has 0 bridgehead atoms. The predicted molar refractivity (Wildman–Crippen MR) is 82.7 cm³/mol. The van der Waals surface area contributed by atoms with Crippen LogP contribution in [-0.4, -0.2) is 11.4 Å². The number of carbonyl (C=O) groups is 1. The van der Waals surface area contributed by atoms with Gasteiger partial charge in [-0.1, -0.05) is 13.3 Å². The second-order valence-electron chi connectivity index (χ2n) is 7.73. The van der Waals surface area contributed by atoms with E-state index in [1.807, 2.05) is 12.1 Å². The highest BCUT2D eigenvalue weighted by molar-refractivity contribution is 5.80. The number of phenolic OH excluding ortho intramolecular Hbond substituents is 1. The van der Waals surface area contributed by atoms with Crippen LogP contribution in [0, 0.1) is 17.3 Å². The molecule has 2 heteroatoms. The van der Waals surface area contributed by atoms with Crippen molar-refractivity contribution in [3.8, 4) is 5.75 Å². The molecule has 1 aromatic carbocycles. The molecule has 2 nitrogen and oxygen atoms in total. The third-order valence-corrected chi connectivity index (χ3v) is 6.78. The van der Waals surface area contributed by atoms with Crippen molar-refractivity contribution >= 4 is 6.29 Å². The first-order valence-electron chi connectivity index (χ1n) is 8.43. The summed E-state index contributed by atoms with van der Waals surface area (Å²) in [6.45, 7) is 2.50. The zero-order valence-corrected chi connectivity index (χ0v) is 12.8. The van der Waals surface area contributed by atoms with Gasteiger partial charge in [0.05, 0.1) is 5.56 Å². The number of aldehydes is 1. The zero-order valence-electron chi connectivity index (χ0n) is 12.8. The van der Waals surface area contributed by atoms with Gasteiger partial charge in [-0.3, -0.25) is 4.79 Å². The number of fused-ring (bicyclic) bond motifs is 5. The molecule has 2 saturated carbocycles. The van der Waals surface area contributed by atoms with E-state index in [1.54, 1.807) is 0 Å². The highest BCUT2D eigenvalue weighted by atomic mass is 16.3. The number of carbonyl (C=O) groups excluding carboxylic acids is 1. The number of benzene rings is 1. The van der Waals surface area contributed by atoms with E-state index in [0.29, 0.717) is 16.9 Å². The third kappa shape index (κ3) is 1.88. The molecule has 0 amide bonds. The first-order valence-corrected chi connectivity index (χ1v) is 8.43. The molecular weight excluding hydrogens is 260 g/mol. The van der Waals surface area contributed by atoms with Gasteiger partial charge < -0.3 is 5.11 Å². The van der Waals surface area contributed by atoms with Crippen LogP contribution in [0.15, 0.2) is 12.1 Å². The van der Waals surface area contributed by atoms with Gasteiger partial charge in [0.25, 0.3) is 0 Å². The van der Waals surface area contributed by atoms with Gasteiger partial charge >= 0.3 is 0 Å². The molecule has 3 aliphatic rings. The van der Waals surface area contributed by atoms with Gasteiger partial charge in [0, 0.05) is 0 Å². The fourth-order valence-corrected chi connectivity index (χ4v) is 5.71. The number of phenols is 1. The first-order chi connectivity index (χ1) is 10.1. The highest BCUT2D eigenvalue weighted by Crippen LogP contribution is 2.60. The Bertz CT molecular complexity index is 591. The molecule has 1 N–H and O–H groups in total. The van der Waals surface area contributed by atoms with Gasteiger partial charge in [-0.2, -0.15) is 0 Å². The van der Waals surface area contributed by atoms with E-state index < -0.39 is 0 Å². The smallest absolute Gasteiger partial charge is 0.153 e. The molecule has 21 heavy (non-hydrogen) atoms. The van der Waals surface area contributed by atoms with Crippen LogP contribution in [0.4, 0.5) is 0 Å². The van der Waals surface area contributed by atoms with Gasteiger partial charge in [-0.15, -0.1) is 0 Å². The van der Waals surface area contributed by atoms with Crippen molar-refractivity contribution in [3.63, 3.8) is 0 Å². The maximum absolute atomic E-state index is 11.1. The zero-order chi connectivity index (χ0) is 14.6. The number of aryl methyl sites for hydroxylation is 1. The Labute approximate surface area is 126 Å². The summed E-state index contributed by atoms with van der Waals surface area (Å²) in [7, 11) is 0. The molecular formula is C19H24O2. The quantitative estimate of drug-likeness (QED) is 0.773. The predicted octanol–water partition coefficient (Wildman–Crippen LogP) is 4.45. The lowest BCUT2D eigenvalue weighted by atomic mass is 9.56. The minimum atomic E-state index is 0.156. The van der Waals surface area contributed by atoms with E-state index in [0.717, 1.165) is 24.5 Å². The molecule has 4 rings (SSSR count). The number of aromatic hydroxyl groups is 1. The average molecular weight is 284 g/mol. The van der Waals surface area contributed by atoms with Crippen molar-refractivity contribution in [2.75, 3.05) is 0 Å². The topological polar surface area (TPSA) is 37.3 Å². The fraction of sp³-hybridized carbons (Fsp3) is 0.632. The lowest BCUT2D eigenvalue weighted by Crippen LogP contribution is -2.39. The molecule has 0 aromatic heterocycles. The minimum Gasteiger partial charge on any atom is -0.507 e. The molecule has 112 valence electrons. The lowest BCUT2D eigenvalue weighted by molar-refractivity contribution is 0.0598. The fourth-order valence-electron chi connectivity index (χ4n) is 5.71. The Morgan fingerprint density at radius 2 is 2.10 bits per heavy atom. The molecule has 2 fully saturated rings. The van der Waals surface area contributed by atoms with Crippen molar-refractivity contribution < 1.29 is 9.90 Å². The Kier molecular flexibility index (Phi) is 2.92. The van der Waals surface area contributed by atoms with E-state index in [-0.39, 0.29) is 5.75 Å². The van der Waals surface area contributed by atoms with Gasteiger partial charge in [0.1, 0.15) is 5.75 Å². The van der Waals surface area contributed by atoms with E-state index in [2.05, 4.69) is 6.92 Å². The summed E-state index contributed by atoms with van der Waals surface area (Å²) in [6, 6.07) is 3.82. The Balaban J connectivity index is 1.75. The summed E-state index contributed by atoms with van der Waals surface area (Å²) < 4.78 is 0. The molecule has 0 spiro atoms. The van der Waals surface area contributed by atoms with Crippen LogP contribution in [-0.2, 0) is 6.42 Å². The Morgan fingerprint density at radius 1 is 1.24 bits per heavy atom. The first kappa shape index (κ1) is 13.4. The monoisotopic (exact) mass is 284 g/mol. The molecule has 0 unspecified atom stereocenters. The van der Waals surface area contributed by atoms with Crippen molar-refractivity contribution in [2.45, 2.75) is 57.8 Å². The molecule has 0 heterocycles. The van der Waals surface area contributed by atoms with Crippen molar-refractivity contribution in [3.05, 3.63) is 28.8 Å². The average Bonchev–Trinajstić information content (AvgIpc) is 2.88. The van der Waals surface area contributed by atoms with Crippen LogP contribution in [0.2, 0.25) is 0 Å². The Morgan fingerprint density at radius 3 is 2.90 bits per heavy atom. The van der Waals surface area contributed by atoms with E-state index in [1.165, 1.54) is 49.7 Å². The molecule has 1 aromatic rings. The van der Waals surface area contributed by atoms with Crippen LogP contribution in [0.25, 0.3) is 0 Å². The second-order valence-corrected chi connectivity index (χ2v) is 7.73.